The minimum atomic E-state index is -0.356. The fraction of sp³-hybridized carbons (Fsp3) is 0.227. The van der Waals surface area contributed by atoms with E-state index in [1.165, 1.54) is 6.07 Å². The molecule has 2 heterocycles. The molecule has 0 atom stereocenters. The lowest BCUT2D eigenvalue weighted by Crippen LogP contribution is -2.26. The fourth-order valence-electron chi connectivity index (χ4n) is 3.72. The molecular formula is C22H18ClFN4O. The quantitative estimate of drug-likeness (QED) is 0.705. The van der Waals surface area contributed by atoms with E-state index >= 15 is 0 Å². The Labute approximate surface area is 172 Å². The van der Waals surface area contributed by atoms with E-state index in [1.54, 1.807) is 30.3 Å². The minimum absolute atomic E-state index is 0.190. The van der Waals surface area contributed by atoms with Gasteiger partial charge in [-0.15, -0.1) is 0 Å². The third-order valence-corrected chi connectivity index (χ3v) is 5.47. The van der Waals surface area contributed by atoms with Crippen molar-refractivity contribution in [3.8, 4) is 5.69 Å². The average molecular weight is 409 g/mol. The van der Waals surface area contributed by atoms with Crippen LogP contribution in [0.5, 0.6) is 0 Å². The zero-order valence-corrected chi connectivity index (χ0v) is 16.5. The maximum atomic E-state index is 14.6. The molecule has 5 nitrogen and oxygen atoms in total. The molecule has 5 rings (SSSR count). The normalized spacial score (nSPS) is 15.2. The van der Waals surface area contributed by atoms with Crippen molar-refractivity contribution in [3.63, 3.8) is 0 Å². The molecule has 1 aliphatic carbocycles. The maximum Gasteiger partial charge on any atom is 0.272 e. The number of imidazole rings is 1. The third-order valence-electron chi connectivity index (χ3n) is 5.24. The van der Waals surface area contributed by atoms with E-state index < -0.39 is 0 Å². The van der Waals surface area contributed by atoms with Crippen LogP contribution < -0.4 is 5.32 Å². The molecule has 3 aromatic rings. The van der Waals surface area contributed by atoms with Crippen LogP contribution in [0.2, 0.25) is 5.02 Å². The van der Waals surface area contributed by atoms with Gasteiger partial charge in [-0.1, -0.05) is 23.7 Å². The van der Waals surface area contributed by atoms with E-state index in [2.05, 4.69) is 10.3 Å². The SMILES string of the molecule is Cc1nc(C(=O)NC2CC2)c2n1-c1ccc(Cl)cc1C(c1ccccc1F)=NC2. The summed E-state index contributed by atoms with van der Waals surface area (Å²) in [5.41, 5.74) is 3.45. The van der Waals surface area contributed by atoms with E-state index in [1.807, 2.05) is 17.6 Å². The van der Waals surface area contributed by atoms with Crippen molar-refractivity contribution >= 4 is 23.2 Å². The lowest BCUT2D eigenvalue weighted by atomic mass is 10.00. The number of hydrogen-bond donors (Lipinski definition) is 1. The number of amides is 1. The number of carbonyl (C=O) groups is 1. The number of rotatable bonds is 3. The van der Waals surface area contributed by atoms with Crippen molar-refractivity contribution in [1.82, 2.24) is 14.9 Å². The van der Waals surface area contributed by atoms with Crippen LogP contribution in [0, 0.1) is 12.7 Å². The number of nitrogens with one attached hydrogen (secondary N) is 1. The van der Waals surface area contributed by atoms with Crippen molar-refractivity contribution in [2.75, 3.05) is 0 Å². The first kappa shape index (κ1) is 18.1. The van der Waals surface area contributed by atoms with Gasteiger partial charge in [-0.2, -0.15) is 0 Å². The van der Waals surface area contributed by atoms with Crippen LogP contribution in [0.4, 0.5) is 4.39 Å². The average Bonchev–Trinajstić information content (AvgIpc) is 3.47. The molecule has 2 aliphatic rings. The summed E-state index contributed by atoms with van der Waals surface area (Å²) >= 11 is 6.27. The molecule has 1 aliphatic heterocycles. The van der Waals surface area contributed by atoms with Crippen LogP contribution in [0.3, 0.4) is 0 Å². The Kier molecular flexibility index (Phi) is 4.24. The molecule has 0 spiro atoms. The van der Waals surface area contributed by atoms with E-state index in [-0.39, 0.29) is 24.3 Å². The number of carbonyl (C=O) groups excluding carboxylic acids is 1. The van der Waals surface area contributed by atoms with Gasteiger partial charge in [0, 0.05) is 22.2 Å². The molecule has 29 heavy (non-hydrogen) atoms. The largest absolute Gasteiger partial charge is 0.348 e. The standard InChI is InChI=1S/C22H18ClFN4O/c1-12-26-21(22(29)27-14-7-8-14)19-11-25-20(15-4-2-3-5-17(15)24)16-10-13(23)6-9-18(16)28(12)19/h2-6,9-10,14H,7-8,11H2,1H3,(H,27,29). The van der Waals surface area contributed by atoms with Gasteiger partial charge in [0.15, 0.2) is 5.69 Å². The number of nitrogens with zero attached hydrogens (tertiary/aromatic N) is 3. The first-order valence-corrected chi connectivity index (χ1v) is 9.89. The Balaban J connectivity index is 1.71. The predicted molar refractivity (Wildman–Crippen MR) is 110 cm³/mol. The molecule has 0 saturated heterocycles. The second kappa shape index (κ2) is 6.81. The summed E-state index contributed by atoms with van der Waals surface area (Å²) < 4.78 is 16.5. The Morgan fingerprint density at radius 3 is 2.76 bits per heavy atom. The molecule has 1 amide bonds. The van der Waals surface area contributed by atoms with Gasteiger partial charge >= 0.3 is 0 Å². The lowest BCUT2D eigenvalue weighted by molar-refractivity contribution is 0.0945. The summed E-state index contributed by atoms with van der Waals surface area (Å²) in [5, 5.41) is 3.52. The first-order chi connectivity index (χ1) is 14.0. The van der Waals surface area contributed by atoms with Gasteiger partial charge in [-0.3, -0.25) is 14.4 Å². The zero-order chi connectivity index (χ0) is 20.1. The number of hydrogen-bond acceptors (Lipinski definition) is 3. The molecule has 1 saturated carbocycles. The van der Waals surface area contributed by atoms with E-state index in [9.17, 15) is 9.18 Å². The van der Waals surface area contributed by atoms with Crippen LogP contribution in [0.25, 0.3) is 5.69 Å². The molecule has 0 unspecified atom stereocenters. The first-order valence-electron chi connectivity index (χ1n) is 9.51. The molecule has 2 aromatic carbocycles. The van der Waals surface area contributed by atoms with Crippen LogP contribution in [-0.2, 0) is 6.54 Å². The van der Waals surface area contributed by atoms with Crippen molar-refractivity contribution in [2.24, 2.45) is 4.99 Å². The third kappa shape index (κ3) is 3.13. The van der Waals surface area contributed by atoms with Crippen LogP contribution in [-0.4, -0.2) is 27.2 Å². The smallest absolute Gasteiger partial charge is 0.272 e. The summed E-state index contributed by atoms with van der Waals surface area (Å²) in [4.78, 5) is 22.0. The monoisotopic (exact) mass is 408 g/mol. The number of aryl methyl sites for hydroxylation is 1. The Bertz CT molecular complexity index is 1180. The van der Waals surface area contributed by atoms with Crippen LogP contribution in [0.1, 0.15) is 46.0 Å². The number of aromatic nitrogens is 2. The van der Waals surface area contributed by atoms with Gasteiger partial charge in [-0.05, 0) is 50.1 Å². The number of benzene rings is 2. The topological polar surface area (TPSA) is 59.3 Å². The van der Waals surface area contributed by atoms with E-state index in [0.717, 1.165) is 18.5 Å². The van der Waals surface area contributed by atoms with Crippen LogP contribution >= 0.6 is 11.6 Å². The lowest BCUT2D eigenvalue weighted by Gasteiger charge is -2.14. The molecule has 7 heteroatoms. The van der Waals surface area contributed by atoms with E-state index in [0.29, 0.717) is 39.1 Å². The Morgan fingerprint density at radius 2 is 2.00 bits per heavy atom. The highest BCUT2D eigenvalue weighted by molar-refractivity contribution is 6.31. The molecular weight excluding hydrogens is 391 g/mol. The second-order valence-corrected chi connectivity index (χ2v) is 7.78. The van der Waals surface area contributed by atoms with Gasteiger partial charge < -0.3 is 5.32 Å². The highest BCUT2D eigenvalue weighted by Crippen LogP contribution is 2.31. The number of aliphatic imine (C=N–C) groups is 1. The highest BCUT2D eigenvalue weighted by atomic mass is 35.5. The summed E-state index contributed by atoms with van der Waals surface area (Å²) in [6.45, 7) is 2.06. The van der Waals surface area contributed by atoms with Crippen molar-refractivity contribution in [1.29, 1.82) is 0 Å². The molecule has 1 N–H and O–H groups in total. The molecule has 0 bridgehead atoms. The summed E-state index contributed by atoms with van der Waals surface area (Å²) in [7, 11) is 0. The van der Waals surface area contributed by atoms with Gasteiger partial charge in [0.1, 0.15) is 11.6 Å². The summed E-state index contributed by atoms with van der Waals surface area (Å²) in [6.07, 6.45) is 2.00. The number of halogens is 2. The second-order valence-electron chi connectivity index (χ2n) is 7.34. The van der Waals surface area contributed by atoms with Crippen molar-refractivity contribution < 1.29 is 9.18 Å². The van der Waals surface area contributed by atoms with Crippen LogP contribution in [0.15, 0.2) is 47.5 Å². The van der Waals surface area contributed by atoms with Gasteiger partial charge in [0.2, 0.25) is 0 Å². The van der Waals surface area contributed by atoms with Crippen molar-refractivity contribution in [2.45, 2.75) is 32.4 Å². The Hall–Kier alpha value is -2.99. The predicted octanol–water partition coefficient (Wildman–Crippen LogP) is 4.22. The van der Waals surface area contributed by atoms with Gasteiger partial charge in [0.25, 0.3) is 5.91 Å². The maximum absolute atomic E-state index is 14.6. The number of fused-ring (bicyclic) bond motifs is 3. The zero-order valence-electron chi connectivity index (χ0n) is 15.7. The molecule has 1 aromatic heterocycles. The summed E-state index contributed by atoms with van der Waals surface area (Å²) in [5.74, 6) is 0.129. The molecule has 0 radical (unpaired) electrons. The van der Waals surface area contributed by atoms with E-state index in [4.69, 9.17) is 16.6 Å². The molecule has 1 fully saturated rings. The van der Waals surface area contributed by atoms with Gasteiger partial charge in [0.05, 0.1) is 23.6 Å². The highest BCUT2D eigenvalue weighted by Gasteiger charge is 2.30. The summed E-state index contributed by atoms with van der Waals surface area (Å²) in [6, 6.07) is 12.2. The minimum Gasteiger partial charge on any atom is -0.348 e. The van der Waals surface area contributed by atoms with Gasteiger partial charge in [-0.25, -0.2) is 9.37 Å². The van der Waals surface area contributed by atoms with Crippen molar-refractivity contribution in [3.05, 3.63) is 81.6 Å². The molecule has 146 valence electrons. The fourth-order valence-corrected chi connectivity index (χ4v) is 3.89. The Morgan fingerprint density at radius 1 is 1.21 bits per heavy atom.